The molecule has 0 saturated carbocycles. The van der Waals surface area contributed by atoms with E-state index in [1.165, 1.54) is 29.8 Å². The van der Waals surface area contributed by atoms with Gasteiger partial charge in [0.1, 0.15) is 0 Å². The molecule has 1 N–H and O–H groups in total. The topological polar surface area (TPSA) is 15.3 Å². The Morgan fingerprint density at radius 1 is 1.43 bits per heavy atom. The number of nitrogens with zero attached hydrogens (tertiary/aromatic N) is 1. The first-order valence-corrected chi connectivity index (χ1v) is 5.40. The molecule has 2 heteroatoms. The normalized spacial score (nSPS) is 14.4. The van der Waals surface area contributed by atoms with Crippen LogP contribution in [0.15, 0.2) is 18.2 Å². The van der Waals surface area contributed by atoms with Crippen molar-refractivity contribution in [3.05, 3.63) is 23.8 Å². The van der Waals surface area contributed by atoms with Gasteiger partial charge < -0.3 is 10.2 Å². The van der Waals surface area contributed by atoms with E-state index < -0.39 is 0 Å². The summed E-state index contributed by atoms with van der Waals surface area (Å²) in [6, 6.07) is 6.59. The lowest BCUT2D eigenvalue weighted by atomic mass is 10.0. The van der Waals surface area contributed by atoms with Crippen molar-refractivity contribution in [3.8, 4) is 0 Å². The van der Waals surface area contributed by atoms with Gasteiger partial charge in [0.15, 0.2) is 0 Å². The minimum absolute atomic E-state index is 1.05. The summed E-state index contributed by atoms with van der Waals surface area (Å²) in [7, 11) is 2.14. The minimum Gasteiger partial charge on any atom is -0.383 e. The second kappa shape index (κ2) is 3.91. The molecule has 1 heterocycles. The van der Waals surface area contributed by atoms with Gasteiger partial charge in [-0.25, -0.2) is 0 Å². The second-order valence-electron chi connectivity index (χ2n) is 3.86. The lowest BCUT2D eigenvalue weighted by molar-refractivity contribution is 0.826. The fourth-order valence-corrected chi connectivity index (χ4v) is 1.98. The summed E-state index contributed by atoms with van der Waals surface area (Å²) in [5.74, 6) is 0. The molecular formula is C12H18N2. The maximum Gasteiger partial charge on any atom is 0.0610 e. The fraction of sp³-hybridized carbons (Fsp3) is 0.500. The Morgan fingerprint density at radius 3 is 3.07 bits per heavy atom. The smallest absolute Gasteiger partial charge is 0.0610 e. The van der Waals surface area contributed by atoms with Gasteiger partial charge in [0.25, 0.3) is 0 Å². The van der Waals surface area contributed by atoms with Crippen LogP contribution in [-0.4, -0.2) is 20.1 Å². The van der Waals surface area contributed by atoms with Gasteiger partial charge in [-0.1, -0.05) is 12.1 Å². The van der Waals surface area contributed by atoms with Crippen LogP contribution in [0, 0.1) is 0 Å². The molecule has 1 aromatic rings. The molecule has 76 valence electrons. The molecule has 2 rings (SSSR count). The minimum atomic E-state index is 1.05. The average molecular weight is 190 g/mol. The van der Waals surface area contributed by atoms with Crippen molar-refractivity contribution in [2.45, 2.75) is 19.8 Å². The molecule has 0 spiro atoms. The zero-order valence-electron chi connectivity index (χ0n) is 9.01. The quantitative estimate of drug-likeness (QED) is 0.770. The van der Waals surface area contributed by atoms with Crippen LogP contribution in [0.25, 0.3) is 0 Å². The number of hydrogen-bond donors (Lipinski definition) is 1. The van der Waals surface area contributed by atoms with Crippen molar-refractivity contribution in [1.82, 2.24) is 0 Å². The summed E-state index contributed by atoms with van der Waals surface area (Å²) in [6.07, 6.45) is 2.47. The number of fused-ring (bicyclic) bond motifs is 1. The fourth-order valence-electron chi connectivity index (χ4n) is 1.98. The summed E-state index contributed by atoms with van der Waals surface area (Å²) in [5, 5.41) is 3.50. The van der Waals surface area contributed by atoms with Crippen LogP contribution in [0.4, 0.5) is 11.4 Å². The summed E-state index contributed by atoms with van der Waals surface area (Å²) < 4.78 is 0. The van der Waals surface area contributed by atoms with Gasteiger partial charge in [-0.2, -0.15) is 0 Å². The first-order valence-electron chi connectivity index (χ1n) is 5.40. The van der Waals surface area contributed by atoms with Gasteiger partial charge in [0.05, 0.1) is 11.4 Å². The van der Waals surface area contributed by atoms with E-state index in [-0.39, 0.29) is 0 Å². The molecule has 1 aliphatic heterocycles. The Bertz CT molecular complexity index is 320. The van der Waals surface area contributed by atoms with Crippen molar-refractivity contribution in [2.75, 3.05) is 30.4 Å². The predicted molar refractivity (Wildman–Crippen MR) is 62.2 cm³/mol. The van der Waals surface area contributed by atoms with Crippen molar-refractivity contribution >= 4 is 11.4 Å². The number of aryl methyl sites for hydroxylation is 1. The number of rotatable bonds is 2. The molecule has 0 fully saturated rings. The Morgan fingerprint density at radius 2 is 2.29 bits per heavy atom. The summed E-state index contributed by atoms with van der Waals surface area (Å²) >= 11 is 0. The highest BCUT2D eigenvalue weighted by atomic mass is 15.1. The van der Waals surface area contributed by atoms with Crippen molar-refractivity contribution < 1.29 is 0 Å². The Labute approximate surface area is 85.9 Å². The van der Waals surface area contributed by atoms with E-state index in [0.29, 0.717) is 0 Å². The number of nitrogens with one attached hydrogen (secondary N) is 1. The number of para-hydroxylation sites is 1. The molecule has 2 nitrogen and oxygen atoms in total. The van der Waals surface area contributed by atoms with Gasteiger partial charge in [0.2, 0.25) is 0 Å². The Kier molecular flexibility index (Phi) is 2.62. The maximum atomic E-state index is 3.50. The van der Waals surface area contributed by atoms with Crippen LogP contribution in [0.5, 0.6) is 0 Å². The van der Waals surface area contributed by atoms with Gasteiger partial charge in [-0.15, -0.1) is 0 Å². The van der Waals surface area contributed by atoms with Crippen LogP contribution in [0.1, 0.15) is 18.9 Å². The van der Waals surface area contributed by atoms with E-state index in [0.717, 1.165) is 13.1 Å². The second-order valence-corrected chi connectivity index (χ2v) is 3.86. The molecule has 1 aliphatic rings. The average Bonchev–Trinajstić information content (AvgIpc) is 2.27. The van der Waals surface area contributed by atoms with E-state index in [9.17, 15) is 0 Å². The largest absolute Gasteiger partial charge is 0.383 e. The number of hydrogen-bond acceptors (Lipinski definition) is 2. The molecular weight excluding hydrogens is 172 g/mol. The lowest BCUT2D eigenvalue weighted by Gasteiger charge is -2.26. The first kappa shape index (κ1) is 9.38. The molecule has 0 aromatic heterocycles. The molecule has 0 aliphatic carbocycles. The van der Waals surface area contributed by atoms with Gasteiger partial charge in [-0.3, -0.25) is 0 Å². The van der Waals surface area contributed by atoms with Crippen LogP contribution in [0.3, 0.4) is 0 Å². The van der Waals surface area contributed by atoms with E-state index in [1.807, 2.05) is 0 Å². The van der Waals surface area contributed by atoms with Gasteiger partial charge >= 0.3 is 0 Å². The zero-order valence-corrected chi connectivity index (χ0v) is 9.01. The molecule has 0 unspecified atom stereocenters. The molecule has 0 amide bonds. The SMILES string of the molecule is CCN(C)c1cccc2c1NCCC2. The molecule has 0 atom stereocenters. The van der Waals surface area contributed by atoms with E-state index in [2.05, 4.69) is 42.4 Å². The number of anilines is 2. The van der Waals surface area contributed by atoms with Gasteiger partial charge in [0, 0.05) is 20.1 Å². The third-order valence-corrected chi connectivity index (χ3v) is 2.94. The third kappa shape index (κ3) is 1.57. The summed E-state index contributed by atoms with van der Waals surface area (Å²) in [4.78, 5) is 2.29. The molecule has 14 heavy (non-hydrogen) atoms. The van der Waals surface area contributed by atoms with Crippen LogP contribution in [-0.2, 0) is 6.42 Å². The molecule has 1 aromatic carbocycles. The third-order valence-electron chi connectivity index (χ3n) is 2.94. The van der Waals surface area contributed by atoms with Crippen LogP contribution in [0.2, 0.25) is 0 Å². The number of benzene rings is 1. The first-order chi connectivity index (χ1) is 6.83. The summed E-state index contributed by atoms with van der Waals surface area (Å²) in [5.41, 5.74) is 4.15. The highest BCUT2D eigenvalue weighted by molar-refractivity contribution is 5.74. The van der Waals surface area contributed by atoms with E-state index in [4.69, 9.17) is 0 Å². The molecule has 0 radical (unpaired) electrons. The Hall–Kier alpha value is -1.18. The lowest BCUT2D eigenvalue weighted by Crippen LogP contribution is -2.20. The monoisotopic (exact) mass is 190 g/mol. The molecule has 0 saturated heterocycles. The Balaban J connectivity index is 2.39. The predicted octanol–water partition coefficient (Wildman–Crippen LogP) is 2.50. The molecule has 0 bridgehead atoms. The highest BCUT2D eigenvalue weighted by Gasteiger charge is 2.13. The zero-order chi connectivity index (χ0) is 9.97. The van der Waals surface area contributed by atoms with Gasteiger partial charge in [-0.05, 0) is 31.4 Å². The van der Waals surface area contributed by atoms with Crippen molar-refractivity contribution in [2.24, 2.45) is 0 Å². The highest BCUT2D eigenvalue weighted by Crippen LogP contribution is 2.31. The van der Waals surface area contributed by atoms with Crippen molar-refractivity contribution in [1.29, 1.82) is 0 Å². The maximum absolute atomic E-state index is 3.50. The van der Waals surface area contributed by atoms with E-state index >= 15 is 0 Å². The van der Waals surface area contributed by atoms with Crippen molar-refractivity contribution in [3.63, 3.8) is 0 Å². The standard InChI is InChI=1S/C12H18N2/c1-3-14(2)11-8-4-6-10-7-5-9-13-12(10)11/h4,6,8,13H,3,5,7,9H2,1-2H3. The van der Waals surface area contributed by atoms with Crippen LogP contribution < -0.4 is 10.2 Å². The van der Waals surface area contributed by atoms with E-state index in [1.54, 1.807) is 0 Å². The van der Waals surface area contributed by atoms with Crippen LogP contribution >= 0.6 is 0 Å². The summed E-state index contributed by atoms with van der Waals surface area (Å²) in [6.45, 7) is 4.35.